The molecule has 0 aliphatic rings. The first kappa shape index (κ1) is 27.2. The van der Waals surface area contributed by atoms with Crippen LogP contribution in [-0.2, 0) is 21.6 Å². The molecule has 9 nitrogen and oxygen atoms in total. The molecule has 0 aliphatic heterocycles. The van der Waals surface area contributed by atoms with E-state index in [-0.39, 0.29) is 24.2 Å². The summed E-state index contributed by atoms with van der Waals surface area (Å²) in [5.74, 6) is -3.16. The van der Waals surface area contributed by atoms with Crippen LogP contribution in [0.4, 0.5) is 0 Å². The van der Waals surface area contributed by atoms with Gasteiger partial charge in [0.05, 0.1) is 5.92 Å². The van der Waals surface area contributed by atoms with Crippen LogP contribution in [0.2, 0.25) is 0 Å². The summed E-state index contributed by atoms with van der Waals surface area (Å²) in [4.78, 5) is 22.1. The quantitative estimate of drug-likeness (QED) is 0.143. The van der Waals surface area contributed by atoms with E-state index in [1.54, 1.807) is 13.0 Å². The van der Waals surface area contributed by atoms with E-state index in [2.05, 4.69) is 10.3 Å². The molecule has 10 heteroatoms. The van der Waals surface area contributed by atoms with Gasteiger partial charge in [-0.2, -0.15) is 8.42 Å². The Morgan fingerprint density at radius 1 is 1.16 bits per heavy atom. The van der Waals surface area contributed by atoms with Crippen LogP contribution in [0.3, 0.4) is 0 Å². The summed E-state index contributed by atoms with van der Waals surface area (Å²) in [5.41, 5.74) is 1.63. The Hall–Kier alpha value is -2.85. The van der Waals surface area contributed by atoms with Gasteiger partial charge in [0.15, 0.2) is 23.5 Å². The Balaban J connectivity index is 2.81. The predicted octanol–water partition coefficient (Wildman–Crippen LogP) is 4.20. The Morgan fingerprint density at radius 3 is 2.34 bits per heavy atom. The Morgan fingerprint density at radius 2 is 1.78 bits per heavy atom. The summed E-state index contributed by atoms with van der Waals surface area (Å²) < 4.78 is 35.7. The number of rotatable bonds is 13. The molecular weight excluding hydrogens is 440 g/mol. The maximum atomic E-state index is 11.2. The first-order chi connectivity index (χ1) is 14.9. The third-order valence-electron chi connectivity index (χ3n) is 4.98. The summed E-state index contributed by atoms with van der Waals surface area (Å²) in [7, 11) is -4.95. The zero-order valence-electron chi connectivity index (χ0n) is 18.4. The van der Waals surface area contributed by atoms with Crippen molar-refractivity contribution in [1.29, 1.82) is 0 Å². The molecule has 0 fully saturated rings. The van der Waals surface area contributed by atoms with Gasteiger partial charge in [-0.1, -0.05) is 30.2 Å². The van der Waals surface area contributed by atoms with Crippen molar-refractivity contribution in [1.82, 2.24) is 0 Å². The number of phenols is 2. The Labute approximate surface area is 188 Å². The van der Waals surface area contributed by atoms with Crippen LogP contribution in [0.1, 0.15) is 68.8 Å². The van der Waals surface area contributed by atoms with Crippen LogP contribution < -0.4 is 4.18 Å². The van der Waals surface area contributed by atoms with E-state index in [0.29, 0.717) is 12.8 Å². The fourth-order valence-electron chi connectivity index (χ4n) is 3.03. The van der Waals surface area contributed by atoms with Crippen molar-refractivity contribution in [2.45, 2.75) is 59.3 Å². The zero-order chi connectivity index (χ0) is 24.5. The molecule has 0 amide bonds. The highest BCUT2D eigenvalue weighted by molar-refractivity contribution is 7.81. The lowest BCUT2D eigenvalue weighted by atomic mass is 10.00. The molecule has 0 saturated carbocycles. The van der Waals surface area contributed by atoms with E-state index in [0.717, 1.165) is 30.9 Å². The molecule has 0 aliphatic carbocycles. The highest BCUT2D eigenvalue weighted by Gasteiger charge is 2.22. The van der Waals surface area contributed by atoms with E-state index >= 15 is 0 Å². The average molecular weight is 471 g/mol. The van der Waals surface area contributed by atoms with Crippen LogP contribution in [0.5, 0.6) is 17.2 Å². The lowest BCUT2D eigenvalue weighted by Gasteiger charge is -2.13. The van der Waals surface area contributed by atoms with Crippen molar-refractivity contribution in [2.75, 3.05) is 0 Å². The van der Waals surface area contributed by atoms with Crippen molar-refractivity contribution >= 4 is 22.7 Å². The van der Waals surface area contributed by atoms with E-state index in [9.17, 15) is 28.2 Å². The van der Waals surface area contributed by atoms with Crippen LogP contribution in [0.25, 0.3) is 0 Å². The molecule has 1 aromatic carbocycles. The second kappa shape index (κ2) is 12.3. The van der Waals surface area contributed by atoms with Gasteiger partial charge in [0.25, 0.3) is 0 Å². The number of benzene rings is 1. The number of carboxylic acids is 1. The molecule has 0 saturated heterocycles. The second-order valence-corrected chi connectivity index (χ2v) is 8.77. The number of carboxylic acid groups (broad SMARTS) is 1. The smallest absolute Gasteiger partial charge is 0.446 e. The maximum absolute atomic E-state index is 11.2. The lowest BCUT2D eigenvalue weighted by molar-refractivity contribution is -0.141. The van der Waals surface area contributed by atoms with Gasteiger partial charge in [0, 0.05) is 5.56 Å². The number of carbonyl (C=O) groups excluding carboxylic acids is 1. The highest BCUT2D eigenvalue weighted by atomic mass is 32.3. The van der Waals surface area contributed by atoms with Gasteiger partial charge in [-0.3, -0.25) is 14.1 Å². The molecule has 0 aromatic heterocycles. The summed E-state index contributed by atoms with van der Waals surface area (Å²) in [6, 6.07) is 1.06. The number of hydrogen-bond donors (Lipinski definition) is 4. The molecule has 0 bridgehead atoms. The van der Waals surface area contributed by atoms with Crippen LogP contribution in [0, 0.1) is 5.92 Å². The minimum absolute atomic E-state index is 0.0845. The summed E-state index contributed by atoms with van der Waals surface area (Å²) in [6.07, 6.45) is 7.72. The topological polar surface area (TPSA) is 158 Å². The third kappa shape index (κ3) is 9.11. The van der Waals surface area contributed by atoms with Crippen molar-refractivity contribution in [3.8, 4) is 17.2 Å². The largest absolute Gasteiger partial charge is 0.504 e. The van der Waals surface area contributed by atoms with Crippen molar-refractivity contribution in [3.63, 3.8) is 0 Å². The van der Waals surface area contributed by atoms with Crippen molar-refractivity contribution in [3.05, 3.63) is 40.5 Å². The number of aromatic hydroxyl groups is 2. The average Bonchev–Trinajstić information content (AvgIpc) is 2.68. The number of aliphatic carboxylic acids is 1. The molecule has 0 unspecified atom stereocenters. The number of aldehydes is 1. The molecule has 1 aromatic rings. The zero-order valence-corrected chi connectivity index (χ0v) is 19.2. The second-order valence-electron chi connectivity index (χ2n) is 7.75. The highest BCUT2D eigenvalue weighted by Crippen LogP contribution is 2.39. The van der Waals surface area contributed by atoms with Gasteiger partial charge < -0.3 is 19.5 Å². The maximum Gasteiger partial charge on any atom is 0.446 e. The first-order valence-electron chi connectivity index (χ1n) is 10.1. The number of phenolic OH excluding ortho intramolecular Hbond substituents is 2. The minimum Gasteiger partial charge on any atom is -0.504 e. The standard InChI is InChI=1S/C22H30O9S/c1-14(8-5-9-16(3)22(26)27)6-4-7-15(2)10-11-17-12-19(24)20(25)18(13-23)21(17)31-32(28,29)30/h6,10,12-13,16,24-25H,4-5,7-9,11H2,1-3H3,(H,26,27)(H,28,29,30)/t16-/m0/s1. The Bertz CT molecular complexity index is 991. The van der Waals surface area contributed by atoms with E-state index in [4.69, 9.17) is 9.66 Å². The predicted molar refractivity (Wildman–Crippen MR) is 118 cm³/mol. The molecule has 0 heterocycles. The molecular formula is C22H30O9S. The molecule has 0 radical (unpaired) electrons. The van der Waals surface area contributed by atoms with E-state index < -0.39 is 39.2 Å². The van der Waals surface area contributed by atoms with Crippen molar-refractivity contribution in [2.24, 2.45) is 5.92 Å². The molecule has 32 heavy (non-hydrogen) atoms. The summed E-state index contributed by atoms with van der Waals surface area (Å²) in [5, 5.41) is 28.5. The van der Waals surface area contributed by atoms with Crippen LogP contribution >= 0.6 is 0 Å². The summed E-state index contributed by atoms with van der Waals surface area (Å²) >= 11 is 0. The number of hydrogen-bond acceptors (Lipinski definition) is 7. The van der Waals surface area contributed by atoms with Gasteiger partial charge in [0.2, 0.25) is 0 Å². The van der Waals surface area contributed by atoms with Crippen LogP contribution in [-0.4, -0.2) is 40.5 Å². The Kier molecular flexibility index (Phi) is 10.4. The molecule has 4 N–H and O–H groups in total. The number of carbonyl (C=O) groups is 2. The molecule has 1 atom stereocenters. The van der Waals surface area contributed by atoms with Gasteiger partial charge >= 0.3 is 16.4 Å². The normalized spacial score (nSPS) is 13.6. The minimum atomic E-state index is -4.95. The first-order valence-corrected chi connectivity index (χ1v) is 11.5. The van der Waals surface area contributed by atoms with Gasteiger partial charge in [-0.15, -0.1) is 0 Å². The fraction of sp³-hybridized carbons (Fsp3) is 0.455. The molecule has 178 valence electrons. The van der Waals surface area contributed by atoms with Gasteiger partial charge in [0.1, 0.15) is 5.56 Å². The van der Waals surface area contributed by atoms with E-state index in [1.807, 2.05) is 13.8 Å². The third-order valence-corrected chi connectivity index (χ3v) is 5.36. The number of allylic oxidation sites excluding steroid dienone is 4. The monoisotopic (exact) mass is 470 g/mol. The molecule has 0 spiro atoms. The summed E-state index contributed by atoms with van der Waals surface area (Å²) in [6.45, 7) is 5.54. The SMILES string of the molecule is CC(=CCc1cc(O)c(O)c(C=O)c1OS(=O)(=O)O)CCC=C(C)CCC[C@H](C)C(=O)O. The van der Waals surface area contributed by atoms with E-state index in [1.165, 1.54) is 5.57 Å². The van der Waals surface area contributed by atoms with Crippen LogP contribution in [0.15, 0.2) is 29.4 Å². The molecule has 1 rings (SSSR count). The van der Waals surface area contributed by atoms with Gasteiger partial charge in [-0.05, 0) is 58.4 Å². The van der Waals surface area contributed by atoms with Crippen molar-refractivity contribution < 1.29 is 42.1 Å². The van der Waals surface area contributed by atoms with Gasteiger partial charge in [-0.25, -0.2) is 0 Å². The fourth-order valence-corrected chi connectivity index (χ4v) is 3.43. The lowest BCUT2D eigenvalue weighted by Crippen LogP contribution is -2.10.